The van der Waals surface area contributed by atoms with Crippen LogP contribution in [-0.4, -0.2) is 52.1 Å². The van der Waals surface area contributed by atoms with Crippen LogP contribution in [0.5, 0.6) is 0 Å². The molecule has 1 aliphatic carbocycles. The van der Waals surface area contributed by atoms with E-state index in [0.717, 1.165) is 12.8 Å². The summed E-state index contributed by atoms with van der Waals surface area (Å²) >= 11 is 0. The van der Waals surface area contributed by atoms with Crippen LogP contribution < -0.4 is 21.5 Å². The minimum atomic E-state index is -0.427. The smallest absolute Gasteiger partial charge is 0.292 e. The summed E-state index contributed by atoms with van der Waals surface area (Å²) < 4.78 is 17.1. The quantitative estimate of drug-likeness (QED) is 0.381. The summed E-state index contributed by atoms with van der Waals surface area (Å²) in [6.45, 7) is 0. The third-order valence-electron chi connectivity index (χ3n) is 5.61. The number of amides is 1. The normalized spacial score (nSPS) is 17.5. The summed E-state index contributed by atoms with van der Waals surface area (Å²) in [5.74, 6) is 0.170. The lowest BCUT2D eigenvalue weighted by Gasteiger charge is -2.35. The molecule has 1 saturated carbocycles. The van der Waals surface area contributed by atoms with Gasteiger partial charge in [-0.3, -0.25) is 9.59 Å². The minimum absolute atomic E-state index is 0.0148. The molecule has 0 spiro atoms. The molecule has 33 heavy (non-hydrogen) atoms. The third kappa shape index (κ3) is 3.69. The molecule has 0 saturated heterocycles. The van der Waals surface area contributed by atoms with E-state index in [4.69, 9.17) is 13.8 Å². The molecule has 4 heterocycles. The molecule has 2 atom stereocenters. The van der Waals surface area contributed by atoms with Crippen molar-refractivity contribution in [2.24, 2.45) is 0 Å². The molecule has 12 nitrogen and oxygen atoms in total. The molecule has 3 N–H and O–H groups in total. The van der Waals surface area contributed by atoms with Crippen molar-refractivity contribution in [3.05, 3.63) is 52.8 Å². The molecule has 5 rings (SSSR count). The van der Waals surface area contributed by atoms with E-state index in [1.165, 1.54) is 10.8 Å². The summed E-state index contributed by atoms with van der Waals surface area (Å²) in [5, 5.41) is 16.6. The van der Waals surface area contributed by atoms with Gasteiger partial charge in [-0.15, -0.1) is 0 Å². The maximum Gasteiger partial charge on any atom is 0.292 e. The van der Waals surface area contributed by atoms with Gasteiger partial charge >= 0.3 is 0 Å². The second-order valence-corrected chi connectivity index (χ2v) is 7.52. The number of pyridine rings is 2. The molecule has 0 unspecified atom stereocenters. The maximum atomic E-state index is 12.9. The number of nitrogens with zero attached hydrogens (tertiary/aromatic N) is 4. The van der Waals surface area contributed by atoms with Gasteiger partial charge in [0.05, 0.1) is 24.0 Å². The maximum absolute atomic E-state index is 12.9. The Balaban J connectivity index is 1.48. The lowest BCUT2D eigenvalue weighted by atomic mass is 9.89. The van der Waals surface area contributed by atoms with Gasteiger partial charge in [0.25, 0.3) is 11.5 Å². The number of aromatic nitrogens is 4. The van der Waals surface area contributed by atoms with Crippen LogP contribution in [0.4, 0.5) is 17.2 Å². The van der Waals surface area contributed by atoms with Crippen molar-refractivity contribution in [3.8, 4) is 5.88 Å². The van der Waals surface area contributed by atoms with Gasteiger partial charge in [-0.1, -0.05) is 10.3 Å². The molecule has 1 amide bonds. The van der Waals surface area contributed by atoms with Crippen LogP contribution in [0.2, 0.25) is 0 Å². The summed E-state index contributed by atoms with van der Waals surface area (Å²) in [7, 11) is 3.33. The van der Waals surface area contributed by atoms with Gasteiger partial charge in [0, 0.05) is 32.5 Å². The number of carbonyl (C=O) groups excluding carboxylic acids is 1. The Hall–Kier alpha value is -4.19. The Morgan fingerprint density at radius 2 is 2.09 bits per heavy atom. The van der Waals surface area contributed by atoms with E-state index in [1.54, 1.807) is 44.6 Å². The van der Waals surface area contributed by atoms with Crippen molar-refractivity contribution in [1.82, 2.24) is 25.2 Å². The fraction of sp³-hybridized carbons (Fsp3) is 0.286. The van der Waals surface area contributed by atoms with Crippen molar-refractivity contribution >= 4 is 34.1 Å². The Morgan fingerprint density at radius 1 is 1.21 bits per heavy atom. The van der Waals surface area contributed by atoms with E-state index in [2.05, 4.69) is 31.2 Å². The molecule has 1 fully saturated rings. The number of nitrogens with one attached hydrogen (secondary N) is 3. The largest absolute Gasteiger partial charge is 0.386 e. The van der Waals surface area contributed by atoms with Gasteiger partial charge in [-0.05, 0) is 25.0 Å². The molecular formula is C21H21N7O5. The molecule has 4 aromatic rings. The van der Waals surface area contributed by atoms with Gasteiger partial charge in [-0.2, -0.15) is 0 Å². The van der Waals surface area contributed by atoms with E-state index < -0.39 is 5.91 Å². The van der Waals surface area contributed by atoms with E-state index in [9.17, 15) is 9.59 Å². The number of rotatable bonds is 7. The Kier molecular flexibility index (Phi) is 5.26. The van der Waals surface area contributed by atoms with Crippen LogP contribution in [0, 0.1) is 0 Å². The highest BCUT2D eigenvalue weighted by Crippen LogP contribution is 2.29. The van der Waals surface area contributed by atoms with Crippen LogP contribution in [0.1, 0.15) is 23.4 Å². The van der Waals surface area contributed by atoms with E-state index in [-0.39, 0.29) is 40.6 Å². The SMILES string of the molecule is CNc1cc(Nc2cccn(-c3ccno3)c2=O)nc2c(C(=O)N[C@@H]3CC[C@H]3OC)onc12. The van der Waals surface area contributed by atoms with Crippen molar-refractivity contribution in [1.29, 1.82) is 0 Å². The fourth-order valence-electron chi connectivity index (χ4n) is 3.71. The molecule has 0 aromatic carbocycles. The van der Waals surface area contributed by atoms with Gasteiger partial charge in [-0.25, -0.2) is 9.55 Å². The molecule has 0 aliphatic heterocycles. The second kappa shape index (κ2) is 8.39. The highest BCUT2D eigenvalue weighted by atomic mass is 16.5. The topological polar surface area (TPSA) is 149 Å². The minimum Gasteiger partial charge on any atom is -0.386 e. The number of fused-ring (bicyclic) bond motifs is 1. The molecule has 170 valence electrons. The zero-order chi connectivity index (χ0) is 22.9. The summed E-state index contributed by atoms with van der Waals surface area (Å²) in [4.78, 5) is 30.2. The van der Waals surface area contributed by atoms with Crippen molar-refractivity contribution in [3.63, 3.8) is 0 Å². The van der Waals surface area contributed by atoms with Gasteiger partial charge < -0.3 is 29.7 Å². The number of anilines is 3. The van der Waals surface area contributed by atoms with Crippen molar-refractivity contribution in [2.75, 3.05) is 24.8 Å². The van der Waals surface area contributed by atoms with E-state index >= 15 is 0 Å². The molecule has 0 radical (unpaired) electrons. The first-order valence-corrected chi connectivity index (χ1v) is 10.3. The van der Waals surface area contributed by atoms with Gasteiger partial charge in [0.2, 0.25) is 11.6 Å². The Bertz CT molecular complexity index is 1360. The highest BCUT2D eigenvalue weighted by molar-refractivity contribution is 6.05. The average molecular weight is 451 g/mol. The van der Waals surface area contributed by atoms with Crippen LogP contribution in [-0.2, 0) is 4.74 Å². The average Bonchev–Trinajstić information content (AvgIpc) is 3.48. The lowest BCUT2D eigenvalue weighted by Crippen LogP contribution is -2.51. The molecule has 4 aromatic heterocycles. The lowest BCUT2D eigenvalue weighted by molar-refractivity contribution is 0.00678. The summed E-state index contributed by atoms with van der Waals surface area (Å²) in [5.41, 5.74) is 1.14. The van der Waals surface area contributed by atoms with Crippen LogP contribution in [0.25, 0.3) is 16.9 Å². The standard InChI is InChI=1S/C21H21N7O5/c1-22-13-10-15(24-12-4-3-9-28(21(12)30)16-7-8-23-32-16)26-18-17(13)27-33-19(18)20(29)25-11-5-6-14(11)31-2/h3-4,7-11,14,22H,5-6H2,1-2H3,(H,24,26)(H,25,29)/t11-,14-/m1/s1. The van der Waals surface area contributed by atoms with E-state index in [0.29, 0.717) is 17.0 Å². The third-order valence-corrected chi connectivity index (χ3v) is 5.61. The summed E-state index contributed by atoms with van der Waals surface area (Å²) in [6.07, 6.45) is 4.71. The number of ether oxygens (including phenoxy) is 1. The van der Waals surface area contributed by atoms with Crippen LogP contribution >= 0.6 is 0 Å². The molecular weight excluding hydrogens is 430 g/mol. The summed E-state index contributed by atoms with van der Waals surface area (Å²) in [6, 6.07) is 6.46. The molecule has 12 heteroatoms. The van der Waals surface area contributed by atoms with E-state index in [1.807, 2.05) is 0 Å². The molecule has 1 aliphatic rings. The van der Waals surface area contributed by atoms with Crippen molar-refractivity contribution in [2.45, 2.75) is 25.0 Å². The van der Waals surface area contributed by atoms with Crippen molar-refractivity contribution < 1.29 is 18.6 Å². The predicted octanol–water partition coefficient (Wildman–Crippen LogP) is 2.05. The fourth-order valence-corrected chi connectivity index (χ4v) is 3.71. The van der Waals surface area contributed by atoms with Crippen LogP contribution in [0.15, 0.2) is 50.5 Å². The number of hydrogen-bond donors (Lipinski definition) is 3. The Labute approximate surface area is 186 Å². The first-order chi connectivity index (χ1) is 16.1. The monoisotopic (exact) mass is 451 g/mol. The Morgan fingerprint density at radius 3 is 2.79 bits per heavy atom. The molecule has 0 bridgehead atoms. The number of methoxy groups -OCH3 is 1. The highest BCUT2D eigenvalue weighted by Gasteiger charge is 2.34. The second-order valence-electron chi connectivity index (χ2n) is 7.52. The zero-order valence-electron chi connectivity index (χ0n) is 17.9. The first-order valence-electron chi connectivity index (χ1n) is 10.3. The van der Waals surface area contributed by atoms with Gasteiger partial charge in [0.15, 0.2) is 5.52 Å². The number of hydrogen-bond acceptors (Lipinski definition) is 10. The van der Waals surface area contributed by atoms with Crippen LogP contribution in [0.3, 0.4) is 0 Å². The first kappa shape index (κ1) is 20.7. The van der Waals surface area contributed by atoms with Gasteiger partial charge in [0.1, 0.15) is 17.0 Å². The zero-order valence-corrected chi connectivity index (χ0v) is 17.9. The number of carbonyl (C=O) groups is 1. The predicted molar refractivity (Wildman–Crippen MR) is 118 cm³/mol.